The summed E-state index contributed by atoms with van der Waals surface area (Å²) in [4.78, 5) is 12.4. The molecule has 2 heterocycles. The molecule has 3 aromatic rings. The Balaban J connectivity index is 1.32. The van der Waals surface area contributed by atoms with Gasteiger partial charge in [-0.3, -0.25) is 4.79 Å². The molecule has 0 saturated heterocycles. The number of fused-ring (bicyclic) bond motifs is 1. The predicted octanol–water partition coefficient (Wildman–Crippen LogP) is 3.29. The number of hydrogen-bond acceptors (Lipinski definition) is 6. The molecule has 0 unspecified atom stereocenters. The van der Waals surface area contributed by atoms with Gasteiger partial charge in [-0.05, 0) is 42.3 Å². The molecule has 0 radical (unpaired) electrons. The minimum absolute atomic E-state index is 0.180. The van der Waals surface area contributed by atoms with Gasteiger partial charge in [-0.1, -0.05) is 18.2 Å². The molecule has 0 bridgehead atoms. The molecule has 4 rings (SSSR count). The van der Waals surface area contributed by atoms with E-state index in [2.05, 4.69) is 20.8 Å². The number of benzene rings is 2. The summed E-state index contributed by atoms with van der Waals surface area (Å²) in [7, 11) is 0. The normalized spacial score (nSPS) is 12.3. The summed E-state index contributed by atoms with van der Waals surface area (Å²) in [5.74, 6) is 1.14. The Bertz CT molecular complexity index is 1010. The van der Waals surface area contributed by atoms with Crippen molar-refractivity contribution >= 4 is 17.4 Å². The summed E-state index contributed by atoms with van der Waals surface area (Å²) >= 11 is 0. The molecule has 0 saturated carbocycles. The van der Waals surface area contributed by atoms with Gasteiger partial charge >= 0.3 is 0 Å². The number of halogens is 1. The maximum absolute atomic E-state index is 13.6. The van der Waals surface area contributed by atoms with Gasteiger partial charge in [0.1, 0.15) is 24.8 Å². The van der Waals surface area contributed by atoms with Gasteiger partial charge in [0.25, 0.3) is 5.91 Å². The number of carbonyl (C=O) groups is 1. The lowest BCUT2D eigenvalue weighted by Crippen LogP contribution is -2.17. The Labute approximate surface area is 166 Å². The van der Waals surface area contributed by atoms with Crippen molar-refractivity contribution in [1.82, 2.24) is 10.2 Å². The second-order valence-electron chi connectivity index (χ2n) is 6.38. The summed E-state index contributed by atoms with van der Waals surface area (Å²) in [6.07, 6.45) is 0.515. The van der Waals surface area contributed by atoms with Gasteiger partial charge in [-0.15, -0.1) is 10.2 Å². The summed E-state index contributed by atoms with van der Waals surface area (Å²) in [5, 5.41) is 13.8. The molecule has 0 atom stereocenters. The molecule has 2 aromatic carbocycles. The number of aromatic nitrogens is 2. The molecule has 8 heteroatoms. The first-order valence-electron chi connectivity index (χ1n) is 9.21. The van der Waals surface area contributed by atoms with E-state index in [-0.39, 0.29) is 17.4 Å². The van der Waals surface area contributed by atoms with E-state index in [1.54, 1.807) is 48.5 Å². The van der Waals surface area contributed by atoms with Crippen molar-refractivity contribution in [2.24, 2.45) is 0 Å². The van der Waals surface area contributed by atoms with Crippen LogP contribution in [0, 0.1) is 5.82 Å². The summed E-state index contributed by atoms with van der Waals surface area (Å²) in [6, 6.07) is 15.1. The zero-order valence-corrected chi connectivity index (χ0v) is 15.5. The smallest absolute Gasteiger partial charge is 0.276 e. The number of nitrogens with one attached hydrogen (secondary N) is 2. The number of amides is 1. The highest BCUT2D eigenvalue weighted by Crippen LogP contribution is 2.32. The maximum atomic E-state index is 13.6. The molecule has 0 fully saturated rings. The van der Waals surface area contributed by atoms with E-state index in [9.17, 15) is 9.18 Å². The zero-order chi connectivity index (χ0) is 20.1. The van der Waals surface area contributed by atoms with Crippen LogP contribution in [0.25, 0.3) is 0 Å². The molecular formula is C21H19FN4O3. The highest BCUT2D eigenvalue weighted by Gasteiger charge is 2.14. The minimum Gasteiger partial charge on any atom is -0.486 e. The quantitative estimate of drug-likeness (QED) is 0.667. The highest BCUT2D eigenvalue weighted by molar-refractivity contribution is 6.02. The second kappa shape index (κ2) is 8.55. The Hall–Kier alpha value is -3.68. The van der Waals surface area contributed by atoms with Crippen molar-refractivity contribution in [2.75, 3.05) is 30.4 Å². The lowest BCUT2D eigenvalue weighted by Gasteiger charge is -2.18. The number of hydrogen-bond donors (Lipinski definition) is 2. The lowest BCUT2D eigenvalue weighted by atomic mass is 10.1. The molecule has 0 aliphatic carbocycles. The Morgan fingerprint density at radius 3 is 2.62 bits per heavy atom. The second-order valence-corrected chi connectivity index (χ2v) is 6.38. The molecule has 1 aromatic heterocycles. The van der Waals surface area contributed by atoms with Gasteiger partial charge in [0.05, 0.1) is 0 Å². The first-order chi connectivity index (χ1) is 14.2. The molecule has 29 heavy (non-hydrogen) atoms. The number of rotatable bonds is 6. The maximum Gasteiger partial charge on any atom is 0.276 e. The average molecular weight is 394 g/mol. The van der Waals surface area contributed by atoms with Crippen molar-refractivity contribution in [3.05, 3.63) is 71.7 Å². The summed E-state index contributed by atoms with van der Waals surface area (Å²) in [5.41, 5.74) is 1.39. The van der Waals surface area contributed by atoms with Crippen LogP contribution in [-0.2, 0) is 6.42 Å². The Kier molecular flexibility index (Phi) is 5.51. The van der Waals surface area contributed by atoms with Crippen LogP contribution in [0.15, 0.2) is 54.6 Å². The first kappa shape index (κ1) is 18.7. The molecule has 1 amide bonds. The summed E-state index contributed by atoms with van der Waals surface area (Å²) < 4.78 is 24.6. The third kappa shape index (κ3) is 4.60. The average Bonchev–Trinajstić information content (AvgIpc) is 2.75. The van der Waals surface area contributed by atoms with Crippen molar-refractivity contribution in [1.29, 1.82) is 0 Å². The first-order valence-corrected chi connectivity index (χ1v) is 9.21. The summed E-state index contributed by atoms with van der Waals surface area (Å²) in [6.45, 7) is 1.48. The number of ether oxygens (including phenoxy) is 2. The van der Waals surface area contributed by atoms with E-state index in [1.165, 1.54) is 6.07 Å². The van der Waals surface area contributed by atoms with Crippen LogP contribution in [0.4, 0.5) is 15.9 Å². The molecule has 148 valence electrons. The lowest BCUT2D eigenvalue weighted by molar-refractivity contribution is 0.102. The van der Waals surface area contributed by atoms with E-state index < -0.39 is 0 Å². The molecular weight excluding hydrogens is 375 g/mol. The van der Waals surface area contributed by atoms with E-state index >= 15 is 0 Å². The van der Waals surface area contributed by atoms with Gasteiger partial charge in [0.15, 0.2) is 17.2 Å². The Morgan fingerprint density at radius 1 is 1.00 bits per heavy atom. The molecule has 7 nitrogen and oxygen atoms in total. The highest BCUT2D eigenvalue weighted by atomic mass is 19.1. The fourth-order valence-corrected chi connectivity index (χ4v) is 2.89. The minimum atomic E-state index is -0.382. The third-order valence-electron chi connectivity index (χ3n) is 4.36. The van der Waals surface area contributed by atoms with E-state index in [0.717, 1.165) is 0 Å². The van der Waals surface area contributed by atoms with Crippen molar-refractivity contribution in [3.8, 4) is 11.5 Å². The van der Waals surface area contributed by atoms with Gasteiger partial charge in [-0.2, -0.15) is 0 Å². The molecule has 2 N–H and O–H groups in total. The van der Waals surface area contributed by atoms with Crippen LogP contribution >= 0.6 is 0 Å². The van der Waals surface area contributed by atoms with Gasteiger partial charge < -0.3 is 20.1 Å². The van der Waals surface area contributed by atoms with E-state index in [4.69, 9.17) is 9.47 Å². The van der Waals surface area contributed by atoms with Crippen LogP contribution < -0.4 is 20.1 Å². The van der Waals surface area contributed by atoms with Crippen LogP contribution in [0.3, 0.4) is 0 Å². The van der Waals surface area contributed by atoms with Crippen LogP contribution in [0.5, 0.6) is 11.5 Å². The largest absolute Gasteiger partial charge is 0.486 e. The van der Waals surface area contributed by atoms with Crippen LogP contribution in [0.2, 0.25) is 0 Å². The van der Waals surface area contributed by atoms with Crippen molar-refractivity contribution in [2.45, 2.75) is 6.42 Å². The van der Waals surface area contributed by atoms with Gasteiger partial charge in [-0.25, -0.2) is 4.39 Å². The SMILES string of the molecule is O=C(Nc1ccc2c(c1)OCCO2)c1ccc(NCCc2ccccc2F)nn1. The van der Waals surface area contributed by atoms with Gasteiger partial charge in [0.2, 0.25) is 0 Å². The number of nitrogens with zero attached hydrogens (tertiary/aromatic N) is 2. The van der Waals surface area contributed by atoms with Crippen LogP contribution in [0.1, 0.15) is 16.1 Å². The van der Waals surface area contributed by atoms with Gasteiger partial charge in [0, 0.05) is 18.3 Å². The number of carbonyl (C=O) groups excluding carboxylic acids is 1. The standard InChI is InChI=1S/C21H19FN4O3/c22-16-4-2-1-3-14(16)9-10-23-20-8-6-17(25-26-20)21(27)24-15-5-7-18-19(13-15)29-12-11-28-18/h1-8,13H,9-12H2,(H,23,26)(H,24,27). The molecule has 0 spiro atoms. The van der Waals surface area contributed by atoms with Crippen molar-refractivity contribution in [3.63, 3.8) is 0 Å². The topological polar surface area (TPSA) is 85.4 Å². The third-order valence-corrected chi connectivity index (χ3v) is 4.36. The van der Waals surface area contributed by atoms with E-state index in [0.29, 0.717) is 54.7 Å². The predicted molar refractivity (Wildman–Crippen MR) is 106 cm³/mol. The molecule has 1 aliphatic rings. The number of anilines is 2. The zero-order valence-electron chi connectivity index (χ0n) is 15.5. The van der Waals surface area contributed by atoms with E-state index in [1.807, 2.05) is 0 Å². The fourth-order valence-electron chi connectivity index (χ4n) is 2.89. The van der Waals surface area contributed by atoms with Crippen molar-refractivity contribution < 1.29 is 18.7 Å². The van der Waals surface area contributed by atoms with Crippen LogP contribution in [-0.4, -0.2) is 35.9 Å². The Morgan fingerprint density at radius 2 is 1.83 bits per heavy atom. The molecule has 1 aliphatic heterocycles. The monoisotopic (exact) mass is 394 g/mol. The fraction of sp³-hybridized carbons (Fsp3) is 0.190.